The summed E-state index contributed by atoms with van der Waals surface area (Å²) >= 11 is 0. The van der Waals surface area contributed by atoms with Gasteiger partial charge < -0.3 is 4.42 Å². The van der Waals surface area contributed by atoms with E-state index in [0.29, 0.717) is 5.92 Å². The lowest BCUT2D eigenvalue weighted by atomic mass is 9.86. The van der Waals surface area contributed by atoms with Gasteiger partial charge in [0, 0.05) is 34.0 Å². The molecule has 166 valence electrons. The lowest BCUT2D eigenvalue weighted by Gasteiger charge is -2.20. The maximum absolute atomic E-state index is 6.49. The Morgan fingerprint density at radius 3 is 2.44 bits per heavy atom. The molecule has 1 aliphatic rings. The normalized spacial score (nSPS) is 15.7. The van der Waals surface area contributed by atoms with Crippen molar-refractivity contribution < 1.29 is 8.98 Å². The van der Waals surface area contributed by atoms with E-state index < -0.39 is 0 Å². The molecule has 0 N–H and O–H groups in total. The molecule has 1 aliphatic carbocycles. The van der Waals surface area contributed by atoms with Gasteiger partial charge in [0.2, 0.25) is 11.4 Å². The van der Waals surface area contributed by atoms with Crippen LogP contribution >= 0.6 is 0 Å². The van der Waals surface area contributed by atoms with E-state index in [0.717, 1.165) is 28.5 Å². The predicted octanol–water partition coefficient (Wildman–Crippen LogP) is 7.42. The first-order valence-electron chi connectivity index (χ1n) is 12.1. The van der Waals surface area contributed by atoms with E-state index >= 15 is 0 Å². The lowest BCUT2D eigenvalue weighted by Crippen LogP contribution is -2.32. The monoisotopic (exact) mass is 427 g/mol. The second-order valence-electron chi connectivity index (χ2n) is 10.9. The molecule has 1 fully saturated rings. The van der Waals surface area contributed by atoms with Crippen LogP contribution in [0.1, 0.15) is 75.6 Å². The molecule has 0 aliphatic heterocycles. The van der Waals surface area contributed by atoms with Crippen LogP contribution < -0.4 is 4.57 Å². The Bertz CT molecular complexity index is 1290. The highest BCUT2D eigenvalue weighted by atomic mass is 16.3. The fourth-order valence-corrected chi connectivity index (χ4v) is 5.42. The number of fused-ring (bicyclic) bond motifs is 3. The number of rotatable bonds is 3. The number of hydrogen-bond donors (Lipinski definition) is 0. The molecule has 0 spiro atoms. The molecule has 0 radical (unpaired) electrons. The number of nitrogens with zero attached hydrogens (tertiary/aromatic N) is 2. The quantitative estimate of drug-likeness (QED) is 0.318. The highest BCUT2D eigenvalue weighted by Crippen LogP contribution is 2.38. The number of benzene rings is 1. The van der Waals surface area contributed by atoms with Crippen molar-refractivity contribution >= 4 is 22.1 Å². The number of hydrogen-bond acceptors (Lipinski definition) is 2. The van der Waals surface area contributed by atoms with Crippen LogP contribution in [0.25, 0.3) is 33.3 Å². The molecule has 1 saturated carbocycles. The molecule has 0 bridgehead atoms. The van der Waals surface area contributed by atoms with Crippen LogP contribution in [0.15, 0.2) is 47.0 Å². The maximum atomic E-state index is 6.49. The highest BCUT2D eigenvalue weighted by Gasteiger charge is 2.23. The summed E-state index contributed by atoms with van der Waals surface area (Å²) in [5.41, 5.74) is 8.13. The summed E-state index contributed by atoms with van der Waals surface area (Å²) in [5.74, 6) is 0.579. The lowest BCUT2D eigenvalue weighted by molar-refractivity contribution is -0.660. The molecule has 3 heteroatoms. The molecule has 4 aromatic rings. The first-order chi connectivity index (χ1) is 15.3. The molecule has 3 aromatic heterocycles. The third-order valence-corrected chi connectivity index (χ3v) is 6.95. The number of furan rings is 1. The summed E-state index contributed by atoms with van der Waals surface area (Å²) in [5, 5.41) is 2.27. The van der Waals surface area contributed by atoms with Gasteiger partial charge in [0.1, 0.15) is 7.05 Å². The van der Waals surface area contributed by atoms with E-state index in [9.17, 15) is 0 Å². The van der Waals surface area contributed by atoms with E-state index in [-0.39, 0.29) is 5.41 Å². The van der Waals surface area contributed by atoms with Crippen molar-refractivity contribution in [2.45, 2.75) is 72.1 Å². The minimum absolute atomic E-state index is 0.269. The van der Waals surface area contributed by atoms with Crippen LogP contribution in [0, 0.1) is 12.3 Å². The van der Waals surface area contributed by atoms with Gasteiger partial charge in [0.25, 0.3) is 0 Å². The SMILES string of the molecule is Cc1ccc2c(oc3nc(C4CCCCC4)ccc32)c1-c1ccc(CC(C)(C)C)c[n+]1C. The van der Waals surface area contributed by atoms with Gasteiger partial charge in [-0.05, 0) is 55.4 Å². The molecule has 0 unspecified atom stereocenters. The third kappa shape index (κ3) is 3.94. The second kappa shape index (κ2) is 8.03. The zero-order chi connectivity index (χ0) is 22.5. The molecule has 1 aromatic carbocycles. The Hall–Kier alpha value is -2.68. The molecule has 0 saturated heterocycles. The molecule has 3 nitrogen and oxygen atoms in total. The Kier molecular flexibility index (Phi) is 5.31. The largest absolute Gasteiger partial charge is 0.437 e. The van der Waals surface area contributed by atoms with Crippen molar-refractivity contribution in [1.29, 1.82) is 0 Å². The van der Waals surface area contributed by atoms with Gasteiger partial charge in [-0.3, -0.25) is 0 Å². The van der Waals surface area contributed by atoms with E-state index in [2.05, 4.69) is 81.9 Å². The summed E-state index contributed by atoms with van der Waals surface area (Å²) in [6.07, 6.45) is 9.81. The number of aromatic nitrogens is 2. The van der Waals surface area contributed by atoms with E-state index in [1.807, 2.05) is 0 Å². The van der Waals surface area contributed by atoms with Gasteiger partial charge >= 0.3 is 0 Å². The van der Waals surface area contributed by atoms with Crippen LogP contribution in [0.5, 0.6) is 0 Å². The maximum Gasteiger partial charge on any atom is 0.227 e. The summed E-state index contributed by atoms with van der Waals surface area (Å²) in [6, 6.07) is 13.4. The van der Waals surface area contributed by atoms with Crippen molar-refractivity contribution in [3.63, 3.8) is 0 Å². The predicted molar refractivity (Wildman–Crippen MR) is 132 cm³/mol. The fraction of sp³-hybridized carbons (Fsp3) is 0.448. The summed E-state index contributed by atoms with van der Waals surface area (Å²) in [4.78, 5) is 5.00. The minimum Gasteiger partial charge on any atom is -0.437 e. The first-order valence-corrected chi connectivity index (χ1v) is 12.1. The first kappa shape index (κ1) is 21.2. The van der Waals surface area contributed by atoms with Crippen LogP contribution in [0.4, 0.5) is 0 Å². The molecule has 3 heterocycles. The van der Waals surface area contributed by atoms with E-state index in [4.69, 9.17) is 9.40 Å². The van der Waals surface area contributed by atoms with Gasteiger partial charge in [-0.25, -0.2) is 9.55 Å². The average molecular weight is 428 g/mol. The minimum atomic E-state index is 0.269. The molecule has 0 atom stereocenters. The Labute approximate surface area is 191 Å². The van der Waals surface area contributed by atoms with Crippen molar-refractivity contribution in [3.8, 4) is 11.3 Å². The molecule has 0 amide bonds. The van der Waals surface area contributed by atoms with Crippen molar-refractivity contribution in [3.05, 3.63) is 59.4 Å². The van der Waals surface area contributed by atoms with Gasteiger partial charge in [-0.2, -0.15) is 0 Å². The van der Waals surface area contributed by atoms with E-state index in [1.54, 1.807) is 0 Å². The highest BCUT2D eigenvalue weighted by molar-refractivity contribution is 6.08. The number of pyridine rings is 2. The molecular formula is C29H35N2O+. The smallest absolute Gasteiger partial charge is 0.227 e. The van der Waals surface area contributed by atoms with Gasteiger partial charge in [-0.1, -0.05) is 52.2 Å². The standard InChI is InChI=1S/C29H35N2O/c1-19-11-13-22-23-14-15-24(21-9-7-6-8-10-21)30-28(23)32-27(22)26(19)25-16-12-20(18-31(25)5)17-29(2,3)4/h11-16,18,21H,6-10,17H2,1-5H3/q+1. The van der Waals surface area contributed by atoms with Crippen LogP contribution in [-0.2, 0) is 13.5 Å². The van der Waals surface area contributed by atoms with Crippen LogP contribution in [0.3, 0.4) is 0 Å². The molecule has 32 heavy (non-hydrogen) atoms. The third-order valence-electron chi connectivity index (χ3n) is 6.95. The zero-order valence-corrected chi connectivity index (χ0v) is 20.2. The zero-order valence-electron chi connectivity index (χ0n) is 20.2. The van der Waals surface area contributed by atoms with Crippen LogP contribution in [-0.4, -0.2) is 4.98 Å². The summed E-state index contributed by atoms with van der Waals surface area (Å²) < 4.78 is 8.74. The summed E-state index contributed by atoms with van der Waals surface area (Å²) in [6.45, 7) is 9.03. The van der Waals surface area contributed by atoms with Crippen molar-refractivity contribution in [1.82, 2.24) is 4.98 Å². The summed E-state index contributed by atoms with van der Waals surface area (Å²) in [7, 11) is 2.14. The Morgan fingerprint density at radius 1 is 0.969 bits per heavy atom. The van der Waals surface area contributed by atoms with Crippen molar-refractivity contribution in [2.75, 3.05) is 0 Å². The average Bonchev–Trinajstić information content (AvgIpc) is 3.12. The molecular weight excluding hydrogens is 392 g/mol. The van der Waals surface area contributed by atoms with Crippen molar-refractivity contribution in [2.24, 2.45) is 12.5 Å². The van der Waals surface area contributed by atoms with E-state index in [1.165, 1.54) is 60.2 Å². The van der Waals surface area contributed by atoms with Gasteiger partial charge in [0.05, 0.1) is 5.56 Å². The Morgan fingerprint density at radius 2 is 1.72 bits per heavy atom. The van der Waals surface area contributed by atoms with Gasteiger partial charge in [-0.15, -0.1) is 0 Å². The molecule has 5 rings (SSSR count). The van der Waals surface area contributed by atoms with Crippen LogP contribution in [0.2, 0.25) is 0 Å². The van der Waals surface area contributed by atoms with Gasteiger partial charge in [0.15, 0.2) is 11.8 Å². The second-order valence-corrected chi connectivity index (χ2v) is 10.9. The topological polar surface area (TPSA) is 29.9 Å². The number of aryl methyl sites for hydroxylation is 2. The fourth-order valence-electron chi connectivity index (χ4n) is 5.42. The Balaban J connectivity index is 1.62.